The Morgan fingerprint density at radius 1 is 1.24 bits per heavy atom. The van der Waals surface area contributed by atoms with Crippen molar-refractivity contribution in [2.24, 2.45) is 0 Å². The summed E-state index contributed by atoms with van der Waals surface area (Å²) in [5.74, 6) is -4.42. The van der Waals surface area contributed by atoms with Crippen molar-refractivity contribution in [2.75, 3.05) is 13.6 Å². The molecule has 2 aliphatic heterocycles. The second-order valence-corrected chi connectivity index (χ2v) is 8.40. The number of rotatable bonds is 4. The van der Waals surface area contributed by atoms with E-state index in [1.54, 1.807) is 13.8 Å². The van der Waals surface area contributed by atoms with Gasteiger partial charge in [0.05, 0.1) is 18.8 Å². The van der Waals surface area contributed by atoms with Crippen molar-refractivity contribution in [1.82, 2.24) is 19.7 Å². The van der Waals surface area contributed by atoms with Crippen LogP contribution in [0.2, 0.25) is 0 Å². The Kier molecular flexibility index (Phi) is 5.43. The molecule has 0 bridgehead atoms. The third-order valence-corrected chi connectivity index (χ3v) is 5.98. The molecule has 33 heavy (non-hydrogen) atoms. The molecular formula is C22H22F2N4O5. The van der Waals surface area contributed by atoms with Gasteiger partial charge in [0.1, 0.15) is 23.2 Å². The monoisotopic (exact) mass is 460 g/mol. The molecule has 3 amide bonds. The second-order valence-electron chi connectivity index (χ2n) is 8.40. The first-order valence-corrected chi connectivity index (χ1v) is 10.3. The lowest BCUT2D eigenvalue weighted by molar-refractivity contribution is -0.136. The van der Waals surface area contributed by atoms with Gasteiger partial charge in [0.15, 0.2) is 11.4 Å². The van der Waals surface area contributed by atoms with Gasteiger partial charge in [-0.05, 0) is 19.9 Å². The smallest absolute Gasteiger partial charge is 0.274 e. The highest BCUT2D eigenvalue weighted by molar-refractivity contribution is 6.02. The molecule has 1 unspecified atom stereocenters. The Hall–Kier alpha value is -3.76. The van der Waals surface area contributed by atoms with E-state index in [1.807, 2.05) is 0 Å². The van der Waals surface area contributed by atoms with Crippen LogP contribution in [0.4, 0.5) is 8.78 Å². The van der Waals surface area contributed by atoms with E-state index in [4.69, 9.17) is 0 Å². The van der Waals surface area contributed by atoms with E-state index >= 15 is 0 Å². The van der Waals surface area contributed by atoms with E-state index in [9.17, 15) is 33.1 Å². The summed E-state index contributed by atoms with van der Waals surface area (Å²) in [4.78, 5) is 54.6. The molecule has 0 aliphatic carbocycles. The standard InChI is InChI=1S/C22H22F2N4O5/c1-10(2)27-9-15-21(32)26(3)8-14-16(18(29)19(30)17(22(27)33)28(14)15)20(31)25-7-11-4-5-12(23)6-13(11)24/h4-6,10,15,30H,7-9H2,1-3H3,(H,25,31). The topological polar surface area (TPSA) is 112 Å². The molecule has 11 heteroatoms. The molecule has 0 saturated carbocycles. The van der Waals surface area contributed by atoms with Crippen molar-refractivity contribution >= 4 is 17.7 Å². The van der Waals surface area contributed by atoms with Gasteiger partial charge in [-0.15, -0.1) is 0 Å². The number of nitrogens with zero attached hydrogens (tertiary/aromatic N) is 3. The molecule has 9 nitrogen and oxygen atoms in total. The molecule has 1 aromatic carbocycles. The van der Waals surface area contributed by atoms with Gasteiger partial charge in [0, 0.05) is 31.3 Å². The quantitative estimate of drug-likeness (QED) is 0.711. The molecule has 0 radical (unpaired) electrons. The highest BCUT2D eigenvalue weighted by Crippen LogP contribution is 2.34. The molecule has 2 aromatic rings. The summed E-state index contributed by atoms with van der Waals surface area (Å²) in [7, 11) is 1.51. The molecule has 0 spiro atoms. The molecule has 1 atom stereocenters. The number of aromatic hydroxyl groups is 1. The number of carbonyl (C=O) groups is 3. The summed E-state index contributed by atoms with van der Waals surface area (Å²) in [5, 5.41) is 13.0. The lowest BCUT2D eigenvalue weighted by atomic mass is 9.98. The minimum atomic E-state index is -1.06. The van der Waals surface area contributed by atoms with Gasteiger partial charge in [-0.1, -0.05) is 6.07 Å². The predicted octanol–water partition coefficient (Wildman–Crippen LogP) is 1.14. The zero-order valence-corrected chi connectivity index (χ0v) is 18.2. The van der Waals surface area contributed by atoms with Crippen LogP contribution in [0.25, 0.3) is 0 Å². The normalized spacial score (nSPS) is 17.5. The van der Waals surface area contributed by atoms with E-state index in [0.29, 0.717) is 6.07 Å². The SMILES string of the molecule is CC(C)N1CC2C(=O)N(C)Cc3c(C(=O)NCc4ccc(F)cc4F)c(=O)c(O)c(n32)C1=O. The number of benzene rings is 1. The Morgan fingerprint density at radius 3 is 2.58 bits per heavy atom. The van der Waals surface area contributed by atoms with E-state index in [1.165, 1.54) is 21.4 Å². The largest absolute Gasteiger partial charge is 0.503 e. The van der Waals surface area contributed by atoms with Crippen LogP contribution in [-0.4, -0.2) is 56.8 Å². The van der Waals surface area contributed by atoms with Crippen LogP contribution in [0.15, 0.2) is 23.0 Å². The summed E-state index contributed by atoms with van der Waals surface area (Å²) in [6.45, 7) is 3.03. The number of hydrogen-bond donors (Lipinski definition) is 2. The Balaban J connectivity index is 1.81. The van der Waals surface area contributed by atoms with Gasteiger partial charge in [-0.3, -0.25) is 19.2 Å². The van der Waals surface area contributed by atoms with Crippen molar-refractivity contribution in [3.8, 4) is 5.75 Å². The van der Waals surface area contributed by atoms with Crippen LogP contribution >= 0.6 is 0 Å². The van der Waals surface area contributed by atoms with Gasteiger partial charge in [-0.25, -0.2) is 8.78 Å². The van der Waals surface area contributed by atoms with Crippen LogP contribution in [0, 0.1) is 11.6 Å². The van der Waals surface area contributed by atoms with Crippen molar-refractivity contribution in [3.05, 3.63) is 62.6 Å². The highest BCUT2D eigenvalue weighted by atomic mass is 19.1. The lowest BCUT2D eigenvalue weighted by Crippen LogP contribution is -2.55. The third-order valence-electron chi connectivity index (χ3n) is 5.98. The molecule has 4 rings (SSSR count). The van der Waals surface area contributed by atoms with Crippen molar-refractivity contribution in [1.29, 1.82) is 0 Å². The molecule has 1 aromatic heterocycles. The molecule has 3 heterocycles. The first-order chi connectivity index (χ1) is 15.5. The van der Waals surface area contributed by atoms with Crippen LogP contribution in [0.3, 0.4) is 0 Å². The third kappa shape index (κ3) is 3.53. The number of halogens is 2. The van der Waals surface area contributed by atoms with Crippen molar-refractivity contribution in [3.63, 3.8) is 0 Å². The molecule has 2 N–H and O–H groups in total. The number of carbonyl (C=O) groups excluding carboxylic acids is 3. The summed E-state index contributed by atoms with van der Waals surface area (Å²) >= 11 is 0. The Bertz CT molecular complexity index is 1260. The first-order valence-electron chi connectivity index (χ1n) is 10.3. The van der Waals surface area contributed by atoms with Crippen LogP contribution in [0.1, 0.15) is 52.0 Å². The van der Waals surface area contributed by atoms with Crippen molar-refractivity contribution in [2.45, 2.75) is 39.0 Å². The fourth-order valence-electron chi connectivity index (χ4n) is 4.27. The number of nitrogens with one attached hydrogen (secondary N) is 1. The maximum Gasteiger partial charge on any atom is 0.274 e. The van der Waals surface area contributed by atoms with E-state index < -0.39 is 46.2 Å². The van der Waals surface area contributed by atoms with Crippen LogP contribution in [0.5, 0.6) is 5.75 Å². The Labute approximate surface area is 187 Å². The van der Waals surface area contributed by atoms with E-state index in [0.717, 1.165) is 12.1 Å². The number of aromatic nitrogens is 1. The van der Waals surface area contributed by atoms with Crippen LogP contribution in [-0.2, 0) is 17.9 Å². The molecule has 0 saturated heterocycles. The minimum absolute atomic E-state index is 0.00592. The van der Waals surface area contributed by atoms with Gasteiger partial charge >= 0.3 is 0 Å². The van der Waals surface area contributed by atoms with Crippen LogP contribution < -0.4 is 10.7 Å². The maximum absolute atomic E-state index is 13.9. The lowest BCUT2D eigenvalue weighted by Gasteiger charge is -2.43. The summed E-state index contributed by atoms with van der Waals surface area (Å²) in [6.07, 6.45) is 0. The van der Waals surface area contributed by atoms with Crippen molar-refractivity contribution < 1.29 is 28.3 Å². The van der Waals surface area contributed by atoms with Gasteiger partial charge in [0.25, 0.3) is 11.8 Å². The number of pyridine rings is 1. The van der Waals surface area contributed by atoms with Gasteiger partial charge < -0.3 is 24.8 Å². The molecule has 174 valence electrons. The highest BCUT2D eigenvalue weighted by Gasteiger charge is 2.45. The predicted molar refractivity (Wildman–Crippen MR) is 112 cm³/mol. The number of hydrogen-bond acceptors (Lipinski definition) is 5. The van der Waals surface area contributed by atoms with Gasteiger partial charge in [0.2, 0.25) is 11.3 Å². The second kappa shape index (κ2) is 7.98. The minimum Gasteiger partial charge on any atom is -0.503 e. The molecule has 2 aliphatic rings. The van der Waals surface area contributed by atoms with Gasteiger partial charge in [-0.2, -0.15) is 0 Å². The first kappa shape index (κ1) is 22.4. The van der Waals surface area contributed by atoms with E-state index in [-0.39, 0.29) is 48.5 Å². The zero-order valence-electron chi connectivity index (χ0n) is 18.2. The summed E-state index contributed by atoms with van der Waals surface area (Å²) in [6, 6.07) is 1.65. The Morgan fingerprint density at radius 2 is 1.94 bits per heavy atom. The zero-order chi connectivity index (χ0) is 24.2. The average Bonchev–Trinajstić information content (AvgIpc) is 2.74. The molecule has 0 fully saturated rings. The summed E-state index contributed by atoms with van der Waals surface area (Å²) < 4.78 is 28.3. The number of amides is 3. The molecular weight excluding hydrogens is 438 g/mol. The summed E-state index contributed by atoms with van der Waals surface area (Å²) in [5.41, 5.74) is -1.73. The fraction of sp³-hybridized carbons (Fsp3) is 0.364. The fourth-order valence-corrected chi connectivity index (χ4v) is 4.27. The average molecular weight is 460 g/mol. The van der Waals surface area contributed by atoms with E-state index in [2.05, 4.69) is 5.32 Å². The number of likely N-dealkylation sites (N-methyl/N-ethyl adjacent to an activating group) is 1. The maximum atomic E-state index is 13.9.